The monoisotopic (exact) mass is 457 g/mol. The van der Waals surface area contributed by atoms with Crippen molar-refractivity contribution >= 4 is 29.3 Å². The van der Waals surface area contributed by atoms with E-state index in [1.165, 1.54) is 11.8 Å². The molecule has 9 heteroatoms. The lowest BCUT2D eigenvalue weighted by Gasteiger charge is -2.09. The zero-order valence-electron chi connectivity index (χ0n) is 17.4. The number of nitriles is 1. The van der Waals surface area contributed by atoms with Gasteiger partial charge in [0.2, 0.25) is 5.91 Å². The molecule has 0 aliphatic heterocycles. The molecule has 0 spiro atoms. The van der Waals surface area contributed by atoms with Crippen molar-refractivity contribution in [1.29, 1.82) is 5.26 Å². The number of benzene rings is 2. The van der Waals surface area contributed by atoms with Crippen molar-refractivity contribution in [2.75, 3.05) is 11.1 Å². The molecule has 2 heterocycles. The van der Waals surface area contributed by atoms with Crippen molar-refractivity contribution in [3.63, 3.8) is 0 Å². The summed E-state index contributed by atoms with van der Waals surface area (Å²) in [6.07, 6.45) is 5.01. The molecule has 4 rings (SSSR count). The Hall–Kier alpha value is -4.29. The molecule has 2 aromatic heterocycles. The van der Waals surface area contributed by atoms with Gasteiger partial charge in [-0.2, -0.15) is 5.26 Å². The van der Waals surface area contributed by atoms with E-state index in [0.717, 1.165) is 5.69 Å². The Bertz CT molecular complexity index is 1290. The summed E-state index contributed by atoms with van der Waals surface area (Å²) in [4.78, 5) is 29.0. The molecule has 4 aromatic rings. The van der Waals surface area contributed by atoms with Crippen molar-refractivity contribution in [2.24, 2.45) is 0 Å². The summed E-state index contributed by atoms with van der Waals surface area (Å²) in [5.41, 5.74) is 2.40. The number of furan rings is 1. The minimum absolute atomic E-state index is 0.154. The Morgan fingerprint density at radius 3 is 2.73 bits per heavy atom. The third-order valence-corrected chi connectivity index (χ3v) is 5.59. The fraction of sp³-hybridized carbons (Fsp3) is 0.0833. The van der Waals surface area contributed by atoms with Gasteiger partial charge in [-0.3, -0.25) is 14.2 Å². The number of nitrogens with one attached hydrogen (secondary N) is 2. The molecular formula is C24H19N5O3S. The Morgan fingerprint density at radius 1 is 1.12 bits per heavy atom. The molecule has 0 saturated carbocycles. The lowest BCUT2D eigenvalue weighted by molar-refractivity contribution is -0.113. The van der Waals surface area contributed by atoms with Crippen LogP contribution in [-0.2, 0) is 11.3 Å². The average molecular weight is 458 g/mol. The fourth-order valence-corrected chi connectivity index (χ4v) is 3.82. The fourth-order valence-electron chi connectivity index (χ4n) is 3.04. The highest BCUT2D eigenvalue weighted by Crippen LogP contribution is 2.21. The van der Waals surface area contributed by atoms with Gasteiger partial charge in [0, 0.05) is 29.3 Å². The Balaban J connectivity index is 1.35. The van der Waals surface area contributed by atoms with E-state index in [4.69, 9.17) is 9.68 Å². The maximum absolute atomic E-state index is 12.3. The van der Waals surface area contributed by atoms with Crippen molar-refractivity contribution in [3.05, 3.63) is 96.2 Å². The van der Waals surface area contributed by atoms with E-state index in [0.29, 0.717) is 34.3 Å². The first-order valence-electron chi connectivity index (χ1n) is 9.99. The minimum atomic E-state index is -0.201. The molecule has 164 valence electrons. The largest absolute Gasteiger partial charge is 0.467 e. The smallest absolute Gasteiger partial charge is 0.251 e. The predicted octanol–water partition coefficient (Wildman–Crippen LogP) is 4.00. The van der Waals surface area contributed by atoms with Crippen LogP contribution in [0.3, 0.4) is 0 Å². The lowest BCUT2D eigenvalue weighted by Crippen LogP contribution is -2.22. The quantitative estimate of drug-likeness (QED) is 0.387. The first-order chi connectivity index (χ1) is 16.1. The number of anilines is 1. The van der Waals surface area contributed by atoms with E-state index < -0.39 is 0 Å². The maximum Gasteiger partial charge on any atom is 0.251 e. The van der Waals surface area contributed by atoms with Crippen LogP contribution in [0, 0.1) is 11.3 Å². The first kappa shape index (κ1) is 21.9. The zero-order valence-corrected chi connectivity index (χ0v) is 18.2. The van der Waals surface area contributed by atoms with Gasteiger partial charge in [-0.25, -0.2) is 4.98 Å². The van der Waals surface area contributed by atoms with E-state index in [-0.39, 0.29) is 17.6 Å². The molecule has 2 N–H and O–H groups in total. The standard InChI is InChI=1S/C24H19N5O3S/c25-14-17-3-1-4-19(13-17)28-22(30)16-33-24-26-10-11-29(24)20-8-6-18(7-9-20)23(31)27-15-21-5-2-12-32-21/h1-13H,15-16H2,(H,27,31)(H,28,30). The van der Waals surface area contributed by atoms with Crippen molar-refractivity contribution in [2.45, 2.75) is 11.7 Å². The second kappa shape index (κ2) is 10.3. The second-order valence-corrected chi connectivity index (χ2v) is 7.86. The van der Waals surface area contributed by atoms with Crippen molar-refractivity contribution in [3.8, 4) is 11.8 Å². The number of rotatable bonds is 8. The van der Waals surface area contributed by atoms with Crippen LogP contribution >= 0.6 is 11.8 Å². The summed E-state index contributed by atoms with van der Waals surface area (Å²) >= 11 is 1.29. The van der Waals surface area contributed by atoms with Gasteiger partial charge in [-0.05, 0) is 54.6 Å². The van der Waals surface area contributed by atoms with E-state index in [9.17, 15) is 9.59 Å². The van der Waals surface area contributed by atoms with Crippen LogP contribution in [-0.4, -0.2) is 27.1 Å². The molecular weight excluding hydrogens is 438 g/mol. The number of carbonyl (C=O) groups is 2. The van der Waals surface area contributed by atoms with Crippen molar-refractivity contribution < 1.29 is 14.0 Å². The normalized spacial score (nSPS) is 10.4. The van der Waals surface area contributed by atoms with Crippen LogP contribution in [0.2, 0.25) is 0 Å². The van der Waals surface area contributed by atoms with Gasteiger partial charge in [0.1, 0.15) is 5.76 Å². The van der Waals surface area contributed by atoms with E-state index in [1.807, 2.05) is 22.8 Å². The molecule has 0 saturated heterocycles. The third kappa shape index (κ3) is 5.70. The van der Waals surface area contributed by atoms with E-state index in [1.54, 1.807) is 67.2 Å². The summed E-state index contributed by atoms with van der Waals surface area (Å²) in [7, 11) is 0. The summed E-state index contributed by atoms with van der Waals surface area (Å²) in [5, 5.41) is 15.2. The number of hydrogen-bond donors (Lipinski definition) is 2. The molecule has 0 atom stereocenters. The molecule has 0 bridgehead atoms. The number of nitrogens with zero attached hydrogens (tertiary/aromatic N) is 3. The van der Waals surface area contributed by atoms with Crippen LogP contribution < -0.4 is 10.6 Å². The Morgan fingerprint density at radius 2 is 1.97 bits per heavy atom. The average Bonchev–Trinajstić information content (AvgIpc) is 3.53. The second-order valence-electron chi connectivity index (χ2n) is 6.92. The molecule has 8 nitrogen and oxygen atoms in total. The number of aromatic nitrogens is 2. The highest BCUT2D eigenvalue weighted by Gasteiger charge is 2.11. The van der Waals surface area contributed by atoms with Crippen LogP contribution in [0.1, 0.15) is 21.7 Å². The molecule has 0 aliphatic carbocycles. The van der Waals surface area contributed by atoms with Gasteiger partial charge in [0.05, 0.1) is 30.2 Å². The van der Waals surface area contributed by atoms with Gasteiger partial charge < -0.3 is 15.1 Å². The van der Waals surface area contributed by atoms with E-state index in [2.05, 4.69) is 15.6 Å². The number of thioether (sulfide) groups is 1. The SMILES string of the molecule is N#Cc1cccc(NC(=O)CSc2nccn2-c2ccc(C(=O)NCc3ccco3)cc2)c1. The number of carbonyl (C=O) groups excluding carboxylic acids is 2. The molecule has 0 unspecified atom stereocenters. The first-order valence-corrected chi connectivity index (χ1v) is 11.0. The summed E-state index contributed by atoms with van der Waals surface area (Å²) in [6.45, 7) is 0.318. The summed E-state index contributed by atoms with van der Waals surface area (Å²) < 4.78 is 7.06. The van der Waals surface area contributed by atoms with Crippen LogP contribution in [0.15, 0.2) is 88.9 Å². The van der Waals surface area contributed by atoms with Gasteiger partial charge in [0.15, 0.2) is 5.16 Å². The topological polar surface area (TPSA) is 113 Å². The molecule has 0 radical (unpaired) electrons. The highest BCUT2D eigenvalue weighted by atomic mass is 32.2. The zero-order chi connectivity index (χ0) is 23.0. The third-order valence-electron chi connectivity index (χ3n) is 4.63. The van der Waals surface area contributed by atoms with Gasteiger partial charge in [0.25, 0.3) is 5.91 Å². The minimum Gasteiger partial charge on any atom is -0.467 e. The van der Waals surface area contributed by atoms with Gasteiger partial charge >= 0.3 is 0 Å². The van der Waals surface area contributed by atoms with Crippen LogP contribution in [0.5, 0.6) is 0 Å². The number of hydrogen-bond acceptors (Lipinski definition) is 6. The Kier molecular flexibility index (Phi) is 6.87. The van der Waals surface area contributed by atoms with Gasteiger partial charge in [-0.15, -0.1) is 0 Å². The van der Waals surface area contributed by atoms with E-state index >= 15 is 0 Å². The number of amides is 2. The lowest BCUT2D eigenvalue weighted by atomic mass is 10.2. The molecule has 2 aromatic carbocycles. The van der Waals surface area contributed by atoms with Crippen molar-refractivity contribution in [1.82, 2.24) is 14.9 Å². The molecule has 33 heavy (non-hydrogen) atoms. The van der Waals surface area contributed by atoms with Crippen LogP contribution in [0.25, 0.3) is 5.69 Å². The number of imidazole rings is 1. The maximum atomic E-state index is 12.3. The molecule has 0 fully saturated rings. The predicted molar refractivity (Wildman–Crippen MR) is 124 cm³/mol. The van der Waals surface area contributed by atoms with Gasteiger partial charge in [-0.1, -0.05) is 17.8 Å². The molecule has 2 amide bonds. The summed E-state index contributed by atoms with van der Waals surface area (Å²) in [5.74, 6) is 0.437. The summed E-state index contributed by atoms with van der Waals surface area (Å²) in [6, 6.07) is 19.5. The molecule has 0 aliphatic rings. The van der Waals surface area contributed by atoms with Crippen LogP contribution in [0.4, 0.5) is 5.69 Å². The Labute approximate surface area is 194 Å². The highest BCUT2D eigenvalue weighted by molar-refractivity contribution is 7.99.